The maximum absolute atomic E-state index is 12.9. The zero-order valence-corrected chi connectivity index (χ0v) is 19.9. The number of aromatic nitrogens is 2. The Morgan fingerprint density at radius 1 is 1.00 bits per heavy atom. The first-order valence-corrected chi connectivity index (χ1v) is 11.1. The molecule has 0 radical (unpaired) electrons. The monoisotopic (exact) mass is 512 g/mol. The number of benzene rings is 3. The molecule has 0 saturated carbocycles. The van der Waals surface area contributed by atoms with Crippen molar-refractivity contribution < 1.29 is 37.3 Å². The van der Waals surface area contributed by atoms with Gasteiger partial charge in [0.25, 0.3) is 0 Å². The fourth-order valence-electron chi connectivity index (χ4n) is 3.67. The lowest BCUT2D eigenvalue weighted by molar-refractivity contribution is -0.139. The fraction of sp³-hybridized carbons (Fsp3) is 0.185. The Bertz CT molecular complexity index is 1370. The van der Waals surface area contributed by atoms with Crippen LogP contribution < -0.4 is 14.2 Å². The van der Waals surface area contributed by atoms with Crippen LogP contribution in [0.25, 0.3) is 11.3 Å². The van der Waals surface area contributed by atoms with Gasteiger partial charge in [0, 0.05) is 0 Å². The minimum atomic E-state index is -4.42. The second-order valence-corrected chi connectivity index (χ2v) is 8.16. The first-order chi connectivity index (χ1) is 17.6. The molecule has 0 fully saturated rings. The molecule has 3 aromatic carbocycles. The van der Waals surface area contributed by atoms with E-state index in [-0.39, 0.29) is 0 Å². The SMILES string of the molecule is COc1ccc(C(Oc2ccc(OCC(=O)O)c(C)c2)c2cc(-c3ccc(C(F)(F)F)cc3)[nH]n2)cc1. The predicted octanol–water partition coefficient (Wildman–Crippen LogP) is 6.04. The van der Waals surface area contributed by atoms with Crippen LogP contribution in [0.2, 0.25) is 0 Å². The molecule has 1 unspecified atom stereocenters. The highest BCUT2D eigenvalue weighted by Gasteiger charge is 2.30. The molecule has 192 valence electrons. The molecule has 0 aliphatic rings. The zero-order chi connectivity index (χ0) is 26.6. The summed E-state index contributed by atoms with van der Waals surface area (Å²) in [5.41, 5.74) is 2.27. The Morgan fingerprint density at radius 2 is 1.68 bits per heavy atom. The summed E-state index contributed by atoms with van der Waals surface area (Å²) in [6, 6.07) is 18.7. The molecule has 2 N–H and O–H groups in total. The number of alkyl halides is 3. The number of rotatable bonds is 9. The van der Waals surface area contributed by atoms with Gasteiger partial charge < -0.3 is 19.3 Å². The Labute approximate surface area is 210 Å². The van der Waals surface area contributed by atoms with Gasteiger partial charge in [-0.25, -0.2) is 4.79 Å². The number of aryl methyl sites for hydroxylation is 1. The molecule has 7 nitrogen and oxygen atoms in total. The summed E-state index contributed by atoms with van der Waals surface area (Å²) in [4.78, 5) is 10.8. The van der Waals surface area contributed by atoms with Crippen LogP contribution in [0.5, 0.6) is 17.2 Å². The number of halogens is 3. The van der Waals surface area contributed by atoms with E-state index in [2.05, 4.69) is 10.2 Å². The molecule has 0 bridgehead atoms. The van der Waals surface area contributed by atoms with Gasteiger partial charge in [-0.3, -0.25) is 5.10 Å². The summed E-state index contributed by atoms with van der Waals surface area (Å²) >= 11 is 0. The standard InChI is InChI=1S/C27H23F3N2O5/c1-16-13-21(11-12-24(16)36-15-25(33)34)37-26(18-5-9-20(35-2)10-6-18)23-14-22(31-32-23)17-3-7-19(8-4-17)27(28,29)30/h3-14,26H,15H2,1-2H3,(H,31,32)(H,33,34). The molecule has 1 atom stereocenters. The highest BCUT2D eigenvalue weighted by atomic mass is 19.4. The quantitative estimate of drug-likeness (QED) is 0.284. The van der Waals surface area contributed by atoms with E-state index in [0.717, 1.165) is 17.7 Å². The van der Waals surface area contributed by atoms with Gasteiger partial charge in [0.15, 0.2) is 12.7 Å². The molecule has 10 heteroatoms. The average molecular weight is 512 g/mol. The van der Waals surface area contributed by atoms with Crippen molar-refractivity contribution in [2.24, 2.45) is 0 Å². The number of carbonyl (C=O) groups is 1. The summed E-state index contributed by atoms with van der Waals surface area (Å²) in [5, 5.41) is 16.1. The number of carboxylic acids is 1. The van der Waals surface area contributed by atoms with E-state index in [1.54, 1.807) is 50.4 Å². The molecule has 4 aromatic rings. The van der Waals surface area contributed by atoms with Crippen molar-refractivity contribution in [1.29, 1.82) is 0 Å². The number of H-pyrrole nitrogens is 1. The van der Waals surface area contributed by atoms with Gasteiger partial charge >= 0.3 is 12.1 Å². The van der Waals surface area contributed by atoms with Crippen molar-refractivity contribution >= 4 is 5.97 Å². The molecule has 0 amide bonds. The van der Waals surface area contributed by atoms with Crippen molar-refractivity contribution in [1.82, 2.24) is 10.2 Å². The normalized spacial score (nSPS) is 12.1. The maximum atomic E-state index is 12.9. The molecule has 0 aliphatic carbocycles. The molecular formula is C27H23F3N2O5. The van der Waals surface area contributed by atoms with E-state index in [0.29, 0.717) is 39.8 Å². The van der Waals surface area contributed by atoms with E-state index in [1.807, 2.05) is 12.1 Å². The van der Waals surface area contributed by atoms with E-state index < -0.39 is 30.4 Å². The van der Waals surface area contributed by atoms with E-state index in [1.165, 1.54) is 12.1 Å². The Hall–Kier alpha value is -4.47. The van der Waals surface area contributed by atoms with E-state index in [4.69, 9.17) is 19.3 Å². The number of nitrogens with zero attached hydrogens (tertiary/aromatic N) is 1. The first kappa shape index (κ1) is 25.6. The second kappa shape index (κ2) is 10.7. The van der Waals surface area contributed by atoms with E-state index >= 15 is 0 Å². The van der Waals surface area contributed by atoms with Gasteiger partial charge in [-0.05, 0) is 72.1 Å². The van der Waals surface area contributed by atoms with Crippen molar-refractivity contribution in [2.45, 2.75) is 19.2 Å². The first-order valence-electron chi connectivity index (χ1n) is 11.1. The lowest BCUT2D eigenvalue weighted by atomic mass is 10.0. The van der Waals surface area contributed by atoms with Gasteiger partial charge in [-0.1, -0.05) is 24.3 Å². The van der Waals surface area contributed by atoms with Crippen molar-refractivity contribution in [2.75, 3.05) is 13.7 Å². The van der Waals surface area contributed by atoms with Gasteiger partial charge in [0.2, 0.25) is 0 Å². The minimum absolute atomic E-state index is 0.417. The number of hydrogen-bond acceptors (Lipinski definition) is 5. The topological polar surface area (TPSA) is 93.7 Å². The summed E-state index contributed by atoms with van der Waals surface area (Å²) in [6.45, 7) is 1.30. The van der Waals surface area contributed by atoms with Gasteiger partial charge in [-0.15, -0.1) is 0 Å². The van der Waals surface area contributed by atoms with Crippen LogP contribution in [0.3, 0.4) is 0 Å². The lowest BCUT2D eigenvalue weighted by Crippen LogP contribution is -2.11. The number of aliphatic carboxylic acids is 1. The summed E-state index contributed by atoms with van der Waals surface area (Å²) < 4.78 is 55.6. The molecule has 0 spiro atoms. The van der Waals surface area contributed by atoms with Crippen LogP contribution in [-0.4, -0.2) is 35.0 Å². The molecule has 0 aliphatic heterocycles. The van der Waals surface area contributed by atoms with Gasteiger partial charge in [0.1, 0.15) is 22.9 Å². The lowest BCUT2D eigenvalue weighted by Gasteiger charge is -2.19. The predicted molar refractivity (Wildman–Crippen MR) is 129 cm³/mol. The number of hydrogen-bond donors (Lipinski definition) is 2. The van der Waals surface area contributed by atoms with E-state index in [9.17, 15) is 18.0 Å². The summed E-state index contributed by atoms with van der Waals surface area (Å²) in [7, 11) is 1.56. The average Bonchev–Trinajstić information content (AvgIpc) is 3.36. The van der Waals surface area contributed by atoms with Crippen molar-refractivity contribution in [3.63, 3.8) is 0 Å². The Morgan fingerprint density at radius 3 is 2.27 bits per heavy atom. The molecular weight excluding hydrogens is 489 g/mol. The van der Waals surface area contributed by atoms with Crippen molar-refractivity contribution in [3.8, 4) is 28.5 Å². The van der Waals surface area contributed by atoms with Crippen LogP contribution in [-0.2, 0) is 11.0 Å². The number of aromatic amines is 1. The number of ether oxygens (including phenoxy) is 3. The highest BCUT2D eigenvalue weighted by Crippen LogP contribution is 2.34. The molecule has 1 aromatic heterocycles. The van der Waals surface area contributed by atoms with Crippen LogP contribution in [0.1, 0.15) is 28.5 Å². The largest absolute Gasteiger partial charge is 0.497 e. The molecule has 37 heavy (non-hydrogen) atoms. The molecule has 1 heterocycles. The Kier molecular flexibility index (Phi) is 7.37. The Balaban J connectivity index is 1.64. The van der Waals surface area contributed by atoms with Crippen molar-refractivity contribution in [3.05, 3.63) is 95.2 Å². The molecule has 0 saturated heterocycles. The number of methoxy groups -OCH3 is 1. The third-order valence-corrected chi connectivity index (χ3v) is 5.56. The second-order valence-electron chi connectivity index (χ2n) is 8.16. The number of nitrogens with one attached hydrogen (secondary N) is 1. The van der Waals surface area contributed by atoms with Crippen LogP contribution in [0.4, 0.5) is 13.2 Å². The smallest absolute Gasteiger partial charge is 0.416 e. The van der Waals surface area contributed by atoms with Crippen LogP contribution in [0.15, 0.2) is 72.8 Å². The summed E-state index contributed by atoms with van der Waals surface area (Å²) in [5.74, 6) is 0.479. The minimum Gasteiger partial charge on any atom is -0.497 e. The van der Waals surface area contributed by atoms with Crippen LogP contribution in [0, 0.1) is 6.92 Å². The fourth-order valence-corrected chi connectivity index (χ4v) is 3.67. The van der Waals surface area contributed by atoms with Gasteiger partial charge in [-0.2, -0.15) is 18.3 Å². The third-order valence-electron chi connectivity index (χ3n) is 5.56. The molecule has 4 rings (SSSR count). The summed E-state index contributed by atoms with van der Waals surface area (Å²) in [6.07, 6.45) is -5.09. The van der Waals surface area contributed by atoms with Crippen LogP contribution >= 0.6 is 0 Å². The van der Waals surface area contributed by atoms with Gasteiger partial charge in [0.05, 0.1) is 18.4 Å². The third kappa shape index (κ3) is 6.21. The highest BCUT2D eigenvalue weighted by molar-refractivity contribution is 5.68. The maximum Gasteiger partial charge on any atom is 0.416 e. The zero-order valence-electron chi connectivity index (χ0n) is 19.9. The number of carboxylic acid groups (broad SMARTS) is 1.